The Bertz CT molecular complexity index is 561. The molecule has 1 atom stereocenters. The molecule has 0 saturated carbocycles. The number of nitrogens with zero attached hydrogens (tertiary/aromatic N) is 2. The molecule has 0 radical (unpaired) electrons. The third-order valence-electron chi connectivity index (χ3n) is 3.32. The summed E-state index contributed by atoms with van der Waals surface area (Å²) in [4.78, 5) is 34.3. The van der Waals surface area contributed by atoms with Gasteiger partial charge >= 0.3 is 0 Å². The lowest BCUT2D eigenvalue weighted by molar-refractivity contribution is -0.384. The number of rotatable bonds is 6. The number of non-ortho nitro benzene ring substituents is 1. The zero-order chi connectivity index (χ0) is 15.4. The second-order valence-electron chi connectivity index (χ2n) is 4.78. The first kappa shape index (κ1) is 15.2. The molecule has 1 aromatic rings. The van der Waals surface area contributed by atoms with Gasteiger partial charge in [-0.2, -0.15) is 0 Å². The molecule has 2 rings (SSSR count). The van der Waals surface area contributed by atoms with Gasteiger partial charge in [-0.1, -0.05) is 0 Å². The van der Waals surface area contributed by atoms with Crippen molar-refractivity contribution in [1.82, 2.24) is 4.90 Å². The van der Waals surface area contributed by atoms with Crippen LogP contribution in [0.25, 0.3) is 0 Å². The lowest BCUT2D eigenvalue weighted by atomic mass is 10.1. The highest BCUT2D eigenvalue weighted by molar-refractivity contribution is 6.64. The van der Waals surface area contributed by atoms with Crippen LogP contribution in [-0.4, -0.2) is 40.6 Å². The van der Waals surface area contributed by atoms with Crippen molar-refractivity contribution in [1.29, 1.82) is 0 Å². The van der Waals surface area contributed by atoms with Gasteiger partial charge in [0.25, 0.3) is 5.69 Å². The third-order valence-corrected chi connectivity index (χ3v) is 3.63. The van der Waals surface area contributed by atoms with Gasteiger partial charge in [0, 0.05) is 43.9 Å². The van der Waals surface area contributed by atoms with Crippen LogP contribution in [0.15, 0.2) is 24.3 Å². The quantitative estimate of drug-likeness (QED) is 0.489. The van der Waals surface area contributed by atoms with Crippen LogP contribution in [0.5, 0.6) is 0 Å². The lowest BCUT2D eigenvalue weighted by Crippen LogP contribution is -2.30. The van der Waals surface area contributed by atoms with E-state index in [1.807, 2.05) is 0 Å². The molecule has 1 amide bonds. The molecule has 1 fully saturated rings. The predicted molar refractivity (Wildman–Crippen MR) is 77.1 cm³/mol. The van der Waals surface area contributed by atoms with E-state index < -0.39 is 16.1 Å². The van der Waals surface area contributed by atoms with Crippen LogP contribution in [-0.2, 0) is 9.59 Å². The Kier molecular flexibility index (Phi) is 4.74. The maximum atomic E-state index is 11.7. The monoisotopic (exact) mass is 311 g/mol. The number of benzene rings is 1. The fourth-order valence-corrected chi connectivity index (χ4v) is 2.32. The summed E-state index contributed by atoms with van der Waals surface area (Å²) in [6, 6.07) is 6.03. The van der Waals surface area contributed by atoms with Gasteiger partial charge in [-0.15, -0.1) is 0 Å². The Morgan fingerprint density at radius 3 is 2.62 bits per heavy atom. The second kappa shape index (κ2) is 6.53. The molecule has 0 bridgehead atoms. The van der Waals surface area contributed by atoms with Crippen LogP contribution in [0.1, 0.15) is 6.42 Å². The van der Waals surface area contributed by atoms with Crippen molar-refractivity contribution in [3.63, 3.8) is 0 Å². The van der Waals surface area contributed by atoms with Gasteiger partial charge in [-0.25, -0.2) is 0 Å². The smallest absolute Gasteiger partial charge is 0.269 e. The highest BCUT2D eigenvalue weighted by Crippen LogP contribution is 2.20. The highest BCUT2D eigenvalue weighted by atomic mass is 35.5. The predicted octanol–water partition coefficient (Wildman–Crippen LogP) is 1.62. The average Bonchev–Trinajstić information content (AvgIpc) is 2.81. The molecule has 1 aliphatic heterocycles. The molecule has 0 spiro atoms. The first-order chi connectivity index (χ1) is 9.97. The number of nitro groups is 1. The van der Waals surface area contributed by atoms with Gasteiger partial charge in [0.2, 0.25) is 11.1 Å². The Morgan fingerprint density at radius 1 is 1.43 bits per heavy atom. The molecule has 1 heterocycles. The number of nitro benzene ring substituents is 1. The zero-order valence-electron chi connectivity index (χ0n) is 11.1. The Labute approximate surface area is 126 Å². The molecule has 1 N–H and O–H groups in total. The number of hydrogen-bond acceptors (Lipinski definition) is 5. The molecule has 0 aliphatic carbocycles. The van der Waals surface area contributed by atoms with Crippen LogP contribution in [0.3, 0.4) is 0 Å². The van der Waals surface area contributed by atoms with E-state index in [9.17, 15) is 19.7 Å². The van der Waals surface area contributed by atoms with Crippen molar-refractivity contribution in [3.05, 3.63) is 34.4 Å². The van der Waals surface area contributed by atoms with Crippen LogP contribution in [0.4, 0.5) is 11.4 Å². The fraction of sp³-hybridized carbons (Fsp3) is 0.385. The average molecular weight is 312 g/mol. The van der Waals surface area contributed by atoms with E-state index >= 15 is 0 Å². The summed E-state index contributed by atoms with van der Waals surface area (Å²) in [5, 5.41) is 13.1. The molecule has 0 aromatic heterocycles. The Hall–Kier alpha value is -2.15. The molecule has 1 saturated heterocycles. The summed E-state index contributed by atoms with van der Waals surface area (Å²) < 4.78 is 0. The number of nitrogens with one attached hydrogen (secondary N) is 1. The minimum atomic E-state index is -0.478. The summed E-state index contributed by atoms with van der Waals surface area (Å²) in [7, 11) is 0. The number of amides is 1. The van der Waals surface area contributed by atoms with E-state index in [1.165, 1.54) is 12.1 Å². The molecule has 1 aliphatic rings. The molecule has 1 aromatic carbocycles. The van der Waals surface area contributed by atoms with Crippen LogP contribution >= 0.6 is 11.6 Å². The second-order valence-corrected chi connectivity index (χ2v) is 5.15. The molecule has 8 heteroatoms. The van der Waals surface area contributed by atoms with Crippen LogP contribution in [0.2, 0.25) is 0 Å². The van der Waals surface area contributed by atoms with Crippen LogP contribution < -0.4 is 5.32 Å². The highest BCUT2D eigenvalue weighted by Gasteiger charge is 2.32. The normalized spacial score (nSPS) is 17.9. The summed E-state index contributed by atoms with van der Waals surface area (Å²) >= 11 is 5.40. The molecule has 0 unspecified atom stereocenters. The lowest BCUT2D eigenvalue weighted by Gasteiger charge is -2.16. The van der Waals surface area contributed by atoms with Crippen molar-refractivity contribution < 1.29 is 14.5 Å². The SMILES string of the molecule is O=C(Cl)[C@@H]1CC(=O)N(CCNc2ccc([N+](=O)[O-])cc2)C1. The minimum Gasteiger partial charge on any atom is -0.383 e. The summed E-state index contributed by atoms with van der Waals surface area (Å²) in [5.74, 6) is -0.502. The van der Waals surface area contributed by atoms with Gasteiger partial charge in [-0.05, 0) is 23.7 Å². The number of anilines is 1. The minimum absolute atomic E-state index is 0.0266. The van der Waals surface area contributed by atoms with E-state index in [0.717, 1.165) is 5.69 Å². The maximum absolute atomic E-state index is 11.7. The van der Waals surface area contributed by atoms with E-state index in [-0.39, 0.29) is 18.0 Å². The van der Waals surface area contributed by atoms with E-state index in [0.29, 0.717) is 19.6 Å². The van der Waals surface area contributed by atoms with Crippen molar-refractivity contribution in [3.8, 4) is 0 Å². The molecule has 21 heavy (non-hydrogen) atoms. The van der Waals surface area contributed by atoms with E-state index in [4.69, 9.17) is 11.6 Å². The topological polar surface area (TPSA) is 92.6 Å². The number of likely N-dealkylation sites (tertiary alicyclic amines) is 1. The van der Waals surface area contributed by atoms with Crippen molar-refractivity contribution >= 4 is 34.1 Å². The summed E-state index contributed by atoms with van der Waals surface area (Å²) in [6.07, 6.45) is 0.167. The van der Waals surface area contributed by atoms with E-state index in [1.54, 1.807) is 17.0 Å². The van der Waals surface area contributed by atoms with Crippen LogP contribution in [0, 0.1) is 16.0 Å². The zero-order valence-corrected chi connectivity index (χ0v) is 11.9. The number of halogens is 1. The largest absolute Gasteiger partial charge is 0.383 e. The fourth-order valence-electron chi connectivity index (χ4n) is 2.18. The Morgan fingerprint density at radius 2 is 2.10 bits per heavy atom. The number of hydrogen-bond donors (Lipinski definition) is 1. The molecular formula is C13H14ClN3O4. The summed E-state index contributed by atoms with van der Waals surface area (Å²) in [5.41, 5.74) is 0.760. The summed E-state index contributed by atoms with van der Waals surface area (Å²) in [6.45, 7) is 1.30. The van der Waals surface area contributed by atoms with Gasteiger partial charge in [0.1, 0.15) is 0 Å². The van der Waals surface area contributed by atoms with Crippen molar-refractivity contribution in [2.24, 2.45) is 5.92 Å². The molecular weight excluding hydrogens is 298 g/mol. The maximum Gasteiger partial charge on any atom is 0.269 e. The number of carbonyl (C=O) groups is 2. The van der Waals surface area contributed by atoms with Gasteiger partial charge < -0.3 is 10.2 Å². The van der Waals surface area contributed by atoms with Gasteiger partial charge in [0.15, 0.2) is 0 Å². The molecule has 112 valence electrons. The number of carbonyl (C=O) groups excluding carboxylic acids is 2. The standard InChI is InChI=1S/C13H14ClN3O4/c14-13(19)9-7-12(18)16(8-9)6-5-15-10-1-3-11(4-2-10)17(20)21/h1-4,9,15H,5-8H2/t9-/m1/s1. The first-order valence-corrected chi connectivity index (χ1v) is 6.80. The van der Waals surface area contributed by atoms with Gasteiger partial charge in [-0.3, -0.25) is 19.7 Å². The van der Waals surface area contributed by atoms with Crippen molar-refractivity contribution in [2.45, 2.75) is 6.42 Å². The van der Waals surface area contributed by atoms with E-state index in [2.05, 4.69) is 5.32 Å². The van der Waals surface area contributed by atoms with Gasteiger partial charge in [0.05, 0.1) is 10.8 Å². The molecule has 7 nitrogen and oxygen atoms in total. The first-order valence-electron chi connectivity index (χ1n) is 6.43. The van der Waals surface area contributed by atoms with Crippen molar-refractivity contribution in [2.75, 3.05) is 25.0 Å². The third kappa shape index (κ3) is 3.91. The Balaban J connectivity index is 1.80.